The van der Waals surface area contributed by atoms with Crippen molar-refractivity contribution in [2.45, 2.75) is 117 Å². The summed E-state index contributed by atoms with van der Waals surface area (Å²) in [5, 5.41) is 25.3. The van der Waals surface area contributed by atoms with Crippen LogP contribution in [0.5, 0.6) is 0 Å². The first-order valence-corrected chi connectivity index (χ1v) is 19.4. The number of Topliss-reactive ketones (excluding diaryl/α,β-unsaturated/α-hetero) is 1. The van der Waals surface area contributed by atoms with Crippen LogP contribution >= 0.6 is 0 Å². The first-order valence-electron chi connectivity index (χ1n) is 19.4. The Balaban J connectivity index is 1.14. The minimum absolute atomic E-state index is 0.0156. The molecule has 1 fully saturated rings. The van der Waals surface area contributed by atoms with Gasteiger partial charge in [0, 0.05) is 44.7 Å². The maximum absolute atomic E-state index is 14.0. The maximum atomic E-state index is 14.0. The number of carbonyl (C=O) groups is 5. The lowest BCUT2D eigenvalue weighted by molar-refractivity contribution is -0.150. The van der Waals surface area contributed by atoms with E-state index in [-0.39, 0.29) is 43.4 Å². The van der Waals surface area contributed by atoms with Crippen LogP contribution in [0.1, 0.15) is 96.2 Å². The Morgan fingerprint density at radius 1 is 0.945 bits per heavy atom. The van der Waals surface area contributed by atoms with Gasteiger partial charge in [0.1, 0.15) is 24.0 Å². The van der Waals surface area contributed by atoms with Gasteiger partial charge in [-0.05, 0) is 72.1 Å². The van der Waals surface area contributed by atoms with Gasteiger partial charge in [-0.2, -0.15) is 0 Å². The number of fused-ring (bicyclic) bond motifs is 1. The molecule has 0 aliphatic carbocycles. The van der Waals surface area contributed by atoms with Gasteiger partial charge in [0.2, 0.25) is 11.8 Å². The van der Waals surface area contributed by atoms with E-state index in [0.29, 0.717) is 38.8 Å². The molecule has 0 saturated carbocycles. The van der Waals surface area contributed by atoms with Crippen molar-refractivity contribution in [3.05, 3.63) is 77.1 Å². The molecule has 5 rings (SSSR count). The van der Waals surface area contributed by atoms with E-state index in [1.807, 2.05) is 73.1 Å². The Morgan fingerprint density at radius 2 is 1.64 bits per heavy atom. The summed E-state index contributed by atoms with van der Waals surface area (Å²) in [6.07, 6.45) is 1.43. The third-order valence-corrected chi connectivity index (χ3v) is 11.0. The molecular formula is C41H55N7O7. The molecular weight excluding hydrogens is 702 g/mol. The van der Waals surface area contributed by atoms with Crippen molar-refractivity contribution in [3.8, 4) is 0 Å². The molecule has 3 heterocycles. The summed E-state index contributed by atoms with van der Waals surface area (Å²) < 4.78 is 7.57. The number of carboxylic acids is 1. The van der Waals surface area contributed by atoms with E-state index in [1.165, 1.54) is 10.5 Å². The number of hydrogen-bond acceptors (Lipinski definition) is 9. The van der Waals surface area contributed by atoms with E-state index in [4.69, 9.17) is 4.74 Å². The molecule has 0 spiro atoms. The lowest BCUT2D eigenvalue weighted by atomic mass is 9.88. The molecule has 4 atom stereocenters. The smallest absolute Gasteiger partial charge is 0.410 e. The molecule has 2 aliphatic rings. The number of unbranched alkanes of at least 4 members (excludes halogenated alkanes) is 1. The van der Waals surface area contributed by atoms with Crippen LogP contribution in [0, 0.1) is 17.8 Å². The van der Waals surface area contributed by atoms with Crippen LogP contribution in [0.3, 0.4) is 0 Å². The van der Waals surface area contributed by atoms with Gasteiger partial charge in [0.05, 0.1) is 12.1 Å². The standard InChI is InChI=1S/C41H55N7O7/c1-26(2)33(22-31(49)18-12-13-19-35-43-44-45-48(35)41(5,6)30-16-8-7-9-17-30)37(50)42-36(27(3)4)38(51)47-25-32(23-34(47)39(52)53)55-40(54)46-21-20-28-14-10-11-15-29(28)24-46/h7-11,14-17,26-27,32-34,36H,12-13,18-25H2,1-6H3,(H,42,50)(H,52,53)/t32?,33-,34-,36-/m0/s1. The number of hydrogen-bond donors (Lipinski definition) is 2. The van der Waals surface area contributed by atoms with Crippen LogP contribution in [-0.2, 0) is 48.8 Å². The van der Waals surface area contributed by atoms with Crippen molar-refractivity contribution in [3.63, 3.8) is 0 Å². The number of tetrazole rings is 1. The lowest BCUT2D eigenvalue weighted by Crippen LogP contribution is -2.55. The zero-order valence-corrected chi connectivity index (χ0v) is 32.8. The normalized spacial score (nSPS) is 18.2. The van der Waals surface area contributed by atoms with Crippen LogP contribution in [0.2, 0.25) is 0 Å². The highest BCUT2D eigenvalue weighted by Gasteiger charge is 2.45. The van der Waals surface area contributed by atoms with Crippen molar-refractivity contribution in [2.75, 3.05) is 13.1 Å². The number of nitrogens with zero attached hydrogens (tertiary/aromatic N) is 6. The van der Waals surface area contributed by atoms with Gasteiger partial charge in [0.15, 0.2) is 5.82 Å². The molecule has 3 amide bonds. The average Bonchev–Trinajstić information content (AvgIpc) is 3.82. The van der Waals surface area contributed by atoms with E-state index < -0.39 is 53.5 Å². The number of likely N-dealkylation sites (tertiary alicyclic amines) is 1. The van der Waals surface area contributed by atoms with Crippen LogP contribution in [0.4, 0.5) is 4.79 Å². The van der Waals surface area contributed by atoms with Gasteiger partial charge in [-0.3, -0.25) is 14.4 Å². The summed E-state index contributed by atoms with van der Waals surface area (Å²) in [6.45, 7) is 12.1. The molecule has 2 N–H and O–H groups in total. The Kier molecular flexibility index (Phi) is 13.4. The highest BCUT2D eigenvalue weighted by molar-refractivity contribution is 5.93. The molecule has 1 aromatic heterocycles. The fourth-order valence-electron chi connectivity index (χ4n) is 7.53. The van der Waals surface area contributed by atoms with Crippen molar-refractivity contribution in [1.82, 2.24) is 35.3 Å². The average molecular weight is 758 g/mol. The molecule has 296 valence electrons. The van der Waals surface area contributed by atoms with Gasteiger partial charge < -0.3 is 25.0 Å². The Hall–Kier alpha value is -5.14. The van der Waals surface area contributed by atoms with Crippen molar-refractivity contribution in [2.24, 2.45) is 17.8 Å². The topological polar surface area (TPSA) is 177 Å². The fourth-order valence-corrected chi connectivity index (χ4v) is 7.53. The molecule has 2 aliphatic heterocycles. The van der Waals surface area contributed by atoms with E-state index in [2.05, 4.69) is 34.7 Å². The summed E-state index contributed by atoms with van der Waals surface area (Å²) >= 11 is 0. The predicted molar refractivity (Wildman–Crippen MR) is 204 cm³/mol. The second-order valence-electron chi connectivity index (χ2n) is 16.0. The SMILES string of the molecule is CC(C)[C@H](CC(=O)CCCCc1nnnn1C(C)(C)c1ccccc1)C(=O)N[C@H](C(=O)N1CC(OC(=O)N2CCc3ccccc3C2)C[C@H]1C(=O)O)C(C)C. The van der Waals surface area contributed by atoms with Crippen LogP contribution in [0.15, 0.2) is 54.6 Å². The Labute approximate surface area is 323 Å². The number of amides is 3. The third kappa shape index (κ3) is 9.95. The number of nitrogens with one attached hydrogen (secondary N) is 1. The van der Waals surface area contributed by atoms with Crippen LogP contribution < -0.4 is 5.32 Å². The number of carboxylic acid groups (broad SMARTS) is 1. The van der Waals surface area contributed by atoms with Gasteiger partial charge >= 0.3 is 12.1 Å². The molecule has 1 saturated heterocycles. The quantitative estimate of drug-likeness (QED) is 0.193. The van der Waals surface area contributed by atoms with E-state index in [9.17, 15) is 29.1 Å². The zero-order valence-electron chi connectivity index (χ0n) is 32.8. The second kappa shape index (κ2) is 18.0. The third-order valence-electron chi connectivity index (χ3n) is 11.0. The fraction of sp³-hybridized carbons (Fsp3) is 0.561. The molecule has 2 aromatic carbocycles. The first-order chi connectivity index (χ1) is 26.2. The van der Waals surface area contributed by atoms with E-state index in [0.717, 1.165) is 17.0 Å². The molecule has 55 heavy (non-hydrogen) atoms. The number of carbonyl (C=O) groups excluding carboxylic acids is 4. The number of aryl methyl sites for hydroxylation is 1. The lowest BCUT2D eigenvalue weighted by Gasteiger charge is -2.31. The van der Waals surface area contributed by atoms with Crippen LogP contribution in [-0.4, -0.2) is 96.1 Å². The number of aliphatic carboxylic acids is 1. The molecule has 14 nitrogen and oxygen atoms in total. The first kappa shape index (κ1) is 41.0. The molecule has 14 heteroatoms. The van der Waals surface area contributed by atoms with Gasteiger partial charge in [-0.25, -0.2) is 14.3 Å². The van der Waals surface area contributed by atoms with E-state index in [1.54, 1.807) is 18.7 Å². The minimum atomic E-state index is -1.22. The monoisotopic (exact) mass is 757 g/mol. The van der Waals surface area contributed by atoms with Crippen LogP contribution in [0.25, 0.3) is 0 Å². The molecule has 3 aromatic rings. The highest BCUT2D eigenvalue weighted by atomic mass is 16.6. The second-order valence-corrected chi connectivity index (χ2v) is 16.0. The van der Waals surface area contributed by atoms with E-state index >= 15 is 0 Å². The molecule has 1 unspecified atom stereocenters. The summed E-state index contributed by atoms with van der Waals surface area (Å²) in [4.78, 5) is 69.2. The highest BCUT2D eigenvalue weighted by Crippen LogP contribution is 2.28. The molecule has 0 bridgehead atoms. The zero-order chi connectivity index (χ0) is 39.9. The van der Waals surface area contributed by atoms with Gasteiger partial charge in [-0.1, -0.05) is 82.3 Å². The number of benzene rings is 2. The van der Waals surface area contributed by atoms with Gasteiger partial charge in [-0.15, -0.1) is 5.10 Å². The maximum Gasteiger partial charge on any atom is 0.410 e. The summed E-state index contributed by atoms with van der Waals surface area (Å²) in [5.74, 6) is -2.80. The largest absolute Gasteiger partial charge is 0.480 e. The Bertz CT molecular complexity index is 1830. The number of ether oxygens (including phenoxy) is 1. The molecule has 0 radical (unpaired) electrons. The summed E-state index contributed by atoms with van der Waals surface area (Å²) in [7, 11) is 0. The van der Waals surface area contributed by atoms with Crippen molar-refractivity contribution >= 4 is 29.7 Å². The number of aromatic nitrogens is 4. The number of rotatable bonds is 16. The summed E-state index contributed by atoms with van der Waals surface area (Å²) in [6, 6.07) is 15.6. The summed E-state index contributed by atoms with van der Waals surface area (Å²) in [5.41, 5.74) is 2.83. The number of ketones is 1. The van der Waals surface area contributed by atoms with Crippen molar-refractivity contribution < 1.29 is 33.8 Å². The predicted octanol–water partition coefficient (Wildman–Crippen LogP) is 4.79. The van der Waals surface area contributed by atoms with Gasteiger partial charge in [0.25, 0.3) is 0 Å². The minimum Gasteiger partial charge on any atom is -0.480 e. The van der Waals surface area contributed by atoms with Crippen molar-refractivity contribution in [1.29, 1.82) is 0 Å². The Morgan fingerprint density at radius 3 is 2.31 bits per heavy atom.